The number of hydrogen-bond donors (Lipinski definition) is 1. The van der Waals surface area contributed by atoms with Crippen molar-refractivity contribution in [2.75, 3.05) is 0 Å². The molecular formula is C12H20N2O2. The number of ether oxygens (including phenoxy) is 1. The topological polar surface area (TPSA) is 42.7 Å². The molecule has 16 heavy (non-hydrogen) atoms. The van der Waals surface area contributed by atoms with Gasteiger partial charge in [-0.25, -0.2) is 11.4 Å². The highest BCUT2D eigenvalue weighted by molar-refractivity contribution is 5.68. The maximum absolute atomic E-state index is 11.5. The van der Waals surface area contributed by atoms with E-state index in [0.29, 0.717) is 0 Å². The number of amides is 1. The van der Waals surface area contributed by atoms with Gasteiger partial charge in [-0.05, 0) is 33.6 Å². The predicted octanol–water partition coefficient (Wildman–Crippen LogP) is 2.74. The summed E-state index contributed by atoms with van der Waals surface area (Å²) in [7, 11) is 0. The van der Waals surface area contributed by atoms with Gasteiger partial charge in [0, 0.05) is 18.9 Å². The first-order chi connectivity index (χ1) is 7.40. The number of carbonyl (C=O) groups is 1. The maximum atomic E-state index is 11.5. The molecule has 0 aliphatic heterocycles. The van der Waals surface area contributed by atoms with Crippen LogP contribution >= 0.6 is 0 Å². The molecule has 0 atom stereocenters. The summed E-state index contributed by atoms with van der Waals surface area (Å²) >= 11 is 0. The lowest BCUT2D eigenvalue weighted by Gasteiger charge is -2.26. The van der Waals surface area contributed by atoms with Gasteiger partial charge in [-0.1, -0.05) is 0 Å². The third-order valence-electron chi connectivity index (χ3n) is 2.60. The molecule has 1 aliphatic rings. The summed E-state index contributed by atoms with van der Waals surface area (Å²) in [4.78, 5) is 15.0. The third-order valence-corrected chi connectivity index (χ3v) is 2.60. The Morgan fingerprint density at radius 3 is 2.31 bits per heavy atom. The smallest absolute Gasteiger partial charge is 0.407 e. The fourth-order valence-corrected chi connectivity index (χ4v) is 1.82. The number of carbonyl (C=O) groups excluding carboxylic acids is 1. The van der Waals surface area contributed by atoms with Crippen molar-refractivity contribution in [1.82, 2.24) is 5.32 Å². The maximum Gasteiger partial charge on any atom is 0.407 e. The van der Waals surface area contributed by atoms with Crippen LogP contribution in [-0.2, 0) is 4.74 Å². The quantitative estimate of drug-likeness (QED) is 0.696. The van der Waals surface area contributed by atoms with E-state index in [0.717, 1.165) is 25.7 Å². The van der Waals surface area contributed by atoms with Gasteiger partial charge < -0.3 is 14.9 Å². The average Bonchev–Trinajstić information content (AvgIpc) is 2.16. The van der Waals surface area contributed by atoms with Gasteiger partial charge in [-0.3, -0.25) is 0 Å². The van der Waals surface area contributed by atoms with Gasteiger partial charge in [-0.15, -0.1) is 0 Å². The van der Waals surface area contributed by atoms with E-state index in [2.05, 4.69) is 10.2 Å². The number of rotatable bonds is 1. The molecule has 0 unspecified atom stereocenters. The highest BCUT2D eigenvalue weighted by Crippen LogP contribution is 2.21. The fourth-order valence-electron chi connectivity index (χ4n) is 1.82. The summed E-state index contributed by atoms with van der Waals surface area (Å²) in [5.74, 6) is 0. The van der Waals surface area contributed by atoms with Gasteiger partial charge in [0.1, 0.15) is 5.60 Å². The van der Waals surface area contributed by atoms with E-state index < -0.39 is 5.60 Å². The molecule has 1 aliphatic carbocycles. The number of nitrogens with one attached hydrogen (secondary N) is 1. The third kappa shape index (κ3) is 4.52. The Morgan fingerprint density at radius 1 is 1.31 bits per heavy atom. The van der Waals surface area contributed by atoms with E-state index in [-0.39, 0.29) is 18.2 Å². The molecule has 0 heterocycles. The van der Waals surface area contributed by atoms with E-state index in [9.17, 15) is 4.79 Å². The lowest BCUT2D eigenvalue weighted by Crippen LogP contribution is -2.41. The zero-order valence-corrected chi connectivity index (χ0v) is 10.2. The largest absolute Gasteiger partial charge is 0.444 e. The van der Waals surface area contributed by atoms with Crippen LogP contribution in [0.25, 0.3) is 4.85 Å². The van der Waals surface area contributed by atoms with Gasteiger partial charge in [0.25, 0.3) is 0 Å². The molecule has 0 aromatic heterocycles. The van der Waals surface area contributed by atoms with Crippen molar-refractivity contribution in [3.8, 4) is 0 Å². The van der Waals surface area contributed by atoms with E-state index in [1.54, 1.807) is 0 Å². The first kappa shape index (κ1) is 12.8. The Balaban J connectivity index is 2.29. The van der Waals surface area contributed by atoms with Gasteiger partial charge in [-0.2, -0.15) is 0 Å². The first-order valence-electron chi connectivity index (χ1n) is 5.77. The standard InChI is InChI=1S/C12H20N2O2/c1-12(2,3)16-11(15)14-10-7-5-9(13-4)6-8-10/h9-10H,5-8H2,1-3H3,(H,14,15)/t9-,10-. The minimum Gasteiger partial charge on any atom is -0.444 e. The molecule has 1 amide bonds. The van der Waals surface area contributed by atoms with Crippen LogP contribution in [0.4, 0.5) is 4.79 Å². The SMILES string of the molecule is [C-]#[N+][C@H]1CC[C@H](NC(=O)OC(C)(C)C)CC1. The van der Waals surface area contributed by atoms with Crippen LogP contribution < -0.4 is 5.32 Å². The Bertz CT molecular complexity index is 280. The second-order valence-corrected chi connectivity index (χ2v) is 5.28. The number of alkyl carbamates (subject to hydrolysis) is 1. The molecule has 4 nitrogen and oxygen atoms in total. The van der Waals surface area contributed by atoms with Crippen molar-refractivity contribution in [2.24, 2.45) is 0 Å². The van der Waals surface area contributed by atoms with Gasteiger partial charge >= 0.3 is 6.09 Å². The molecule has 1 N–H and O–H groups in total. The highest BCUT2D eigenvalue weighted by atomic mass is 16.6. The van der Waals surface area contributed by atoms with Crippen molar-refractivity contribution in [2.45, 2.75) is 64.1 Å². The second-order valence-electron chi connectivity index (χ2n) is 5.28. The van der Waals surface area contributed by atoms with E-state index in [1.807, 2.05) is 20.8 Å². The zero-order chi connectivity index (χ0) is 12.2. The molecule has 0 radical (unpaired) electrons. The van der Waals surface area contributed by atoms with Crippen LogP contribution in [0.15, 0.2) is 0 Å². The summed E-state index contributed by atoms with van der Waals surface area (Å²) in [6.45, 7) is 12.5. The lowest BCUT2D eigenvalue weighted by atomic mass is 9.92. The van der Waals surface area contributed by atoms with Crippen molar-refractivity contribution in [1.29, 1.82) is 0 Å². The lowest BCUT2D eigenvalue weighted by molar-refractivity contribution is 0.0492. The minimum atomic E-state index is -0.447. The molecule has 0 saturated heterocycles. The van der Waals surface area contributed by atoms with Crippen LogP contribution in [0.5, 0.6) is 0 Å². The Hall–Kier alpha value is -1.24. The summed E-state index contributed by atoms with van der Waals surface area (Å²) in [6, 6.07) is 0.324. The van der Waals surface area contributed by atoms with E-state index >= 15 is 0 Å². The predicted molar refractivity (Wildman–Crippen MR) is 62.0 cm³/mol. The van der Waals surface area contributed by atoms with E-state index in [1.165, 1.54) is 0 Å². The monoisotopic (exact) mass is 224 g/mol. The van der Waals surface area contributed by atoms with Crippen LogP contribution in [0.3, 0.4) is 0 Å². The molecule has 90 valence electrons. The van der Waals surface area contributed by atoms with Gasteiger partial charge in [0.15, 0.2) is 0 Å². The second kappa shape index (κ2) is 5.20. The molecular weight excluding hydrogens is 204 g/mol. The summed E-state index contributed by atoms with van der Waals surface area (Å²) in [6.07, 6.45) is 3.17. The van der Waals surface area contributed by atoms with Crippen molar-refractivity contribution >= 4 is 6.09 Å². The molecule has 0 bridgehead atoms. The van der Waals surface area contributed by atoms with Crippen LogP contribution in [0.1, 0.15) is 46.5 Å². The fraction of sp³-hybridized carbons (Fsp3) is 0.833. The Labute approximate surface area is 97.2 Å². The number of nitrogens with zero attached hydrogens (tertiary/aromatic N) is 1. The summed E-state index contributed by atoms with van der Waals surface area (Å²) in [5, 5.41) is 2.86. The molecule has 1 fully saturated rings. The van der Waals surface area contributed by atoms with Crippen LogP contribution in [0, 0.1) is 6.57 Å². The Kier molecular flexibility index (Phi) is 4.17. The average molecular weight is 224 g/mol. The normalized spacial score (nSPS) is 25.6. The molecule has 0 spiro atoms. The van der Waals surface area contributed by atoms with Crippen LogP contribution in [-0.4, -0.2) is 23.8 Å². The van der Waals surface area contributed by atoms with Crippen molar-refractivity contribution < 1.29 is 9.53 Å². The van der Waals surface area contributed by atoms with Gasteiger partial charge in [0.05, 0.1) is 0 Å². The summed E-state index contributed by atoms with van der Waals surface area (Å²) in [5.41, 5.74) is -0.447. The van der Waals surface area contributed by atoms with Gasteiger partial charge in [0.2, 0.25) is 6.04 Å². The summed E-state index contributed by atoms with van der Waals surface area (Å²) < 4.78 is 5.18. The van der Waals surface area contributed by atoms with Crippen molar-refractivity contribution in [3.05, 3.63) is 11.4 Å². The van der Waals surface area contributed by atoms with Crippen molar-refractivity contribution in [3.63, 3.8) is 0 Å². The molecule has 4 heteroatoms. The highest BCUT2D eigenvalue weighted by Gasteiger charge is 2.26. The number of hydrogen-bond acceptors (Lipinski definition) is 2. The molecule has 0 aromatic carbocycles. The Morgan fingerprint density at radius 2 is 1.88 bits per heavy atom. The first-order valence-corrected chi connectivity index (χ1v) is 5.77. The molecule has 1 saturated carbocycles. The zero-order valence-electron chi connectivity index (χ0n) is 10.2. The molecule has 1 rings (SSSR count). The molecule has 0 aromatic rings. The minimum absolute atomic E-state index is 0.150. The van der Waals surface area contributed by atoms with E-state index in [4.69, 9.17) is 11.3 Å². The van der Waals surface area contributed by atoms with Crippen LogP contribution in [0.2, 0.25) is 0 Å².